The van der Waals surface area contributed by atoms with Gasteiger partial charge in [0.15, 0.2) is 0 Å². The third-order valence-corrected chi connectivity index (χ3v) is 20.1. The maximum absolute atomic E-state index is 9.83. The second-order valence-electron chi connectivity index (χ2n) is 26.9. The molecule has 0 N–H and O–H groups in total. The summed E-state index contributed by atoms with van der Waals surface area (Å²) in [5.41, 5.74) is 25.2. The Balaban J connectivity index is 1.00. The van der Waals surface area contributed by atoms with Gasteiger partial charge in [0.25, 0.3) is 6.71 Å². The van der Waals surface area contributed by atoms with Crippen molar-refractivity contribution in [1.29, 1.82) is 0 Å². The summed E-state index contributed by atoms with van der Waals surface area (Å²) in [5, 5.41) is 2.05. The highest BCUT2D eigenvalue weighted by molar-refractivity contribution is 7.00. The summed E-state index contributed by atoms with van der Waals surface area (Å²) in [5.74, 6) is 0. The Morgan fingerprint density at radius 2 is 0.707 bits per heavy atom. The van der Waals surface area contributed by atoms with Gasteiger partial charge in [-0.05, 0) is 168 Å². The van der Waals surface area contributed by atoms with Crippen molar-refractivity contribution in [2.75, 3.05) is 9.80 Å². The van der Waals surface area contributed by atoms with Gasteiger partial charge in [-0.1, -0.05) is 281 Å². The van der Waals surface area contributed by atoms with Crippen LogP contribution in [0.5, 0.6) is 0 Å². The Morgan fingerprint density at radius 1 is 0.313 bits per heavy atom. The predicted octanol–water partition coefficient (Wildman–Crippen LogP) is 23.7. The van der Waals surface area contributed by atoms with Crippen LogP contribution in [0.25, 0.3) is 127 Å². The topological polar surface area (TPSA) is 24.6 Å². The van der Waals surface area contributed by atoms with E-state index in [2.05, 4.69) is 291 Å². The van der Waals surface area contributed by atoms with E-state index in [0.717, 1.165) is 156 Å². The fourth-order valence-corrected chi connectivity index (χ4v) is 15.5. The van der Waals surface area contributed by atoms with Crippen LogP contribution in [0.4, 0.5) is 34.1 Å². The van der Waals surface area contributed by atoms with Crippen LogP contribution in [-0.2, 0) is 5.41 Å². The number of para-hydroxylation sites is 3. The molecule has 0 saturated carbocycles. The average Bonchev–Trinajstić information content (AvgIpc) is 1.28. The molecule has 4 heterocycles. The summed E-state index contributed by atoms with van der Waals surface area (Å²) in [7, 11) is 0. The first-order chi connectivity index (χ1) is 52.1. The first kappa shape index (κ1) is 50.0. The minimum atomic E-state index is -0.504. The highest BCUT2D eigenvalue weighted by atomic mass is 16.3. The van der Waals surface area contributed by atoms with Crippen molar-refractivity contribution in [3.8, 4) is 83.6 Å². The molecule has 466 valence electrons. The quantitative estimate of drug-likeness (QED) is 0.128. The molecule has 5 heteroatoms. The molecule has 0 aliphatic carbocycles. The van der Waals surface area contributed by atoms with Gasteiger partial charge in [0.05, 0.1) is 33.4 Å². The molecule has 0 saturated heterocycles. The summed E-state index contributed by atoms with van der Waals surface area (Å²) in [4.78, 5) is 5.01. The number of hydrogen-bond donors (Lipinski definition) is 0. The molecule has 0 unspecified atom stereocenters. The highest BCUT2D eigenvalue weighted by Gasteiger charge is 2.46. The van der Waals surface area contributed by atoms with E-state index in [1.165, 1.54) is 0 Å². The molecule has 0 amide bonds. The first-order valence-corrected chi connectivity index (χ1v) is 33.8. The van der Waals surface area contributed by atoms with E-state index in [4.69, 9.17) is 7.16 Å². The number of furan rings is 1. The van der Waals surface area contributed by atoms with Crippen molar-refractivity contribution in [3.05, 3.63) is 351 Å². The van der Waals surface area contributed by atoms with Crippen LogP contribution >= 0.6 is 0 Å². The second kappa shape index (κ2) is 23.2. The number of hydrogen-bond acceptors (Lipinski definition) is 3. The Bertz CT molecular complexity index is 6320. The lowest BCUT2D eigenvalue weighted by atomic mass is 9.33. The lowest BCUT2D eigenvalue weighted by Crippen LogP contribution is -2.61. The summed E-state index contributed by atoms with van der Waals surface area (Å²) < 4.78 is 83.6. The molecule has 0 bridgehead atoms. The van der Waals surface area contributed by atoms with Crippen LogP contribution in [0.1, 0.15) is 37.3 Å². The molecule has 17 aromatic rings. The van der Waals surface area contributed by atoms with Crippen molar-refractivity contribution in [2.24, 2.45) is 0 Å². The lowest BCUT2D eigenvalue weighted by molar-refractivity contribution is 0.590. The van der Waals surface area contributed by atoms with E-state index in [-0.39, 0.29) is 33.9 Å². The molecule has 99 heavy (non-hydrogen) atoms. The Kier molecular flexibility index (Phi) is 11.7. The zero-order valence-electron chi connectivity index (χ0n) is 62.6. The molecule has 4 nitrogen and oxygen atoms in total. The van der Waals surface area contributed by atoms with Gasteiger partial charge in [-0.25, -0.2) is 0 Å². The van der Waals surface area contributed by atoms with Gasteiger partial charge in [0.1, 0.15) is 11.2 Å². The molecule has 0 fully saturated rings. The standard InChI is InChI=1S/C94H66BN3O/c1-94(2,3)71-58-87-91-88(59-71)98(93-78(65-36-18-8-19-37-65)55-70(62-30-12-5-13-31-62)56-79(93)66-38-20-9-21-39-66)86-60-72(96-83-43-25-22-40-73(83)74-41-23-26-44-84(74)96)48-50-82(86)95(91)81-49-46-68(67-47-51-90-80(52-67)75-42-24-27-45-89(75)99-90)57-85(81)97(87)92-76(63-32-14-6-15-33-63)53-69(61-28-10-4-11-29-61)54-77(92)64-34-16-7-17-35-64/h4-60H,1-3H3/i22D,23D,25D,26D,40D,41D,43D,44D. The molecule has 2 aliphatic rings. The van der Waals surface area contributed by atoms with Crippen LogP contribution < -0.4 is 26.2 Å². The van der Waals surface area contributed by atoms with Crippen LogP contribution in [0, 0.1) is 0 Å². The fourth-order valence-electron chi connectivity index (χ4n) is 15.5. The number of anilines is 6. The Hall–Kier alpha value is -12.4. The van der Waals surface area contributed by atoms with Gasteiger partial charge in [-0.2, -0.15) is 0 Å². The maximum Gasteiger partial charge on any atom is 0.252 e. The SMILES string of the molecule is [2H]c1c([2H])c([2H])c2c(c1[2H])c1c([2H])c([2H])c([2H])c([2H])c1n2-c1ccc2c(c1)N(c1c(-c3ccccc3)cc(-c3ccccc3)cc1-c1ccccc1)c1cc(C(C)(C)C)cc3c1B2c1ccc(-c2ccc4oc5ccccc5c4c2)cc1N3c1c(-c2ccccc2)cc(-c2ccccc2)cc1-c1ccccc1. The van der Waals surface area contributed by atoms with Crippen molar-refractivity contribution in [2.45, 2.75) is 26.2 Å². The lowest BCUT2D eigenvalue weighted by Gasteiger charge is -2.46. The van der Waals surface area contributed by atoms with Gasteiger partial charge in [-0.3, -0.25) is 0 Å². The third kappa shape index (κ3) is 9.59. The van der Waals surface area contributed by atoms with Gasteiger partial charge >= 0.3 is 0 Å². The molecule has 2 aliphatic heterocycles. The molecule has 2 aromatic heterocycles. The highest BCUT2D eigenvalue weighted by Crippen LogP contribution is 2.56. The Labute approximate surface area is 588 Å². The normalized spacial score (nSPS) is 13.7. The number of fused-ring (bicyclic) bond motifs is 10. The zero-order chi connectivity index (χ0) is 72.8. The molecule has 19 rings (SSSR count). The number of aromatic nitrogens is 1. The van der Waals surface area contributed by atoms with Crippen molar-refractivity contribution in [3.63, 3.8) is 0 Å². The monoisotopic (exact) mass is 1270 g/mol. The third-order valence-electron chi connectivity index (χ3n) is 20.1. The summed E-state index contributed by atoms with van der Waals surface area (Å²) >= 11 is 0. The van der Waals surface area contributed by atoms with E-state index in [1.54, 1.807) is 4.57 Å². The second-order valence-corrected chi connectivity index (χ2v) is 26.9. The van der Waals surface area contributed by atoms with Gasteiger partial charge in [0.2, 0.25) is 0 Å². The molecular formula is C94H66BN3O. The van der Waals surface area contributed by atoms with E-state index in [9.17, 15) is 8.22 Å². The van der Waals surface area contributed by atoms with Crippen molar-refractivity contribution >= 4 is 101 Å². The van der Waals surface area contributed by atoms with E-state index >= 15 is 0 Å². The molecule has 0 spiro atoms. The van der Waals surface area contributed by atoms with Crippen LogP contribution in [0.15, 0.2) is 350 Å². The summed E-state index contributed by atoms with van der Waals surface area (Å²) in [6.07, 6.45) is 0. The minimum Gasteiger partial charge on any atom is -0.456 e. The smallest absolute Gasteiger partial charge is 0.252 e. The summed E-state index contributed by atoms with van der Waals surface area (Å²) in [6, 6.07) is 102. The van der Waals surface area contributed by atoms with Crippen molar-refractivity contribution in [1.82, 2.24) is 4.57 Å². The Morgan fingerprint density at radius 3 is 1.18 bits per heavy atom. The molecule has 0 radical (unpaired) electrons. The number of benzene rings is 15. The van der Waals surface area contributed by atoms with E-state index in [1.807, 2.05) is 36.4 Å². The van der Waals surface area contributed by atoms with Gasteiger partial charge < -0.3 is 18.8 Å². The largest absolute Gasteiger partial charge is 0.456 e. The van der Waals surface area contributed by atoms with Crippen LogP contribution in [-0.4, -0.2) is 11.3 Å². The molecule has 0 atom stereocenters. The number of nitrogens with zero attached hydrogens (tertiary/aromatic N) is 3. The van der Waals surface area contributed by atoms with E-state index < -0.39 is 48.4 Å². The first-order valence-electron chi connectivity index (χ1n) is 37.8. The fraction of sp³-hybridized carbons (Fsp3) is 0.0426. The maximum atomic E-state index is 9.83. The number of rotatable bonds is 10. The van der Waals surface area contributed by atoms with Crippen LogP contribution in [0.3, 0.4) is 0 Å². The summed E-state index contributed by atoms with van der Waals surface area (Å²) in [6.45, 7) is 6.32. The van der Waals surface area contributed by atoms with Gasteiger partial charge in [-0.15, -0.1) is 0 Å². The minimum absolute atomic E-state index is 0.00497. The molecular weight excluding hydrogens is 1200 g/mol. The van der Waals surface area contributed by atoms with Gasteiger partial charge in [0, 0.05) is 72.2 Å². The van der Waals surface area contributed by atoms with E-state index in [0.29, 0.717) is 5.69 Å². The molecule has 15 aromatic carbocycles. The average molecular weight is 1270 g/mol. The van der Waals surface area contributed by atoms with Crippen LogP contribution in [0.2, 0.25) is 0 Å². The predicted molar refractivity (Wildman–Crippen MR) is 419 cm³/mol. The zero-order valence-corrected chi connectivity index (χ0v) is 54.6. The van der Waals surface area contributed by atoms with Crippen molar-refractivity contribution < 1.29 is 15.4 Å².